The van der Waals surface area contributed by atoms with E-state index in [0.29, 0.717) is 0 Å². The molecule has 0 heteroatoms. The SMILES string of the molecule is C1=C(c2ccccc2)C=1c1ccccc1. The quantitative estimate of drug-likeness (QED) is 0.632. The molecule has 0 atom stereocenters. The van der Waals surface area contributed by atoms with Crippen LogP contribution in [0.2, 0.25) is 0 Å². The van der Waals surface area contributed by atoms with Crippen molar-refractivity contribution in [1.82, 2.24) is 0 Å². The van der Waals surface area contributed by atoms with E-state index in [2.05, 4.69) is 54.3 Å². The molecule has 0 heterocycles. The topological polar surface area (TPSA) is 0 Å². The molecule has 3 rings (SSSR count). The molecule has 0 fully saturated rings. The average molecular weight is 190 g/mol. The van der Waals surface area contributed by atoms with Gasteiger partial charge in [-0.2, -0.15) is 0 Å². The summed E-state index contributed by atoms with van der Waals surface area (Å²) in [5.41, 5.74) is 8.36. The molecule has 0 saturated carbocycles. The van der Waals surface area contributed by atoms with Gasteiger partial charge in [-0.3, -0.25) is 0 Å². The molecular weight excluding hydrogens is 180 g/mol. The summed E-state index contributed by atoms with van der Waals surface area (Å²) < 4.78 is 0. The van der Waals surface area contributed by atoms with Crippen molar-refractivity contribution in [2.75, 3.05) is 0 Å². The van der Waals surface area contributed by atoms with Crippen LogP contribution in [0.3, 0.4) is 0 Å². The van der Waals surface area contributed by atoms with Crippen molar-refractivity contribution < 1.29 is 0 Å². The molecule has 0 unspecified atom stereocenters. The summed E-state index contributed by atoms with van der Waals surface area (Å²) in [4.78, 5) is 0. The Morgan fingerprint density at radius 3 is 1.33 bits per heavy atom. The highest BCUT2D eigenvalue weighted by atomic mass is 14.2. The van der Waals surface area contributed by atoms with Crippen LogP contribution in [-0.4, -0.2) is 0 Å². The zero-order chi connectivity index (χ0) is 10.1. The third-order valence-corrected chi connectivity index (χ3v) is 2.56. The fraction of sp³-hybridized carbons (Fsp3) is 0. The Morgan fingerprint density at radius 1 is 0.533 bits per heavy atom. The van der Waals surface area contributed by atoms with E-state index in [-0.39, 0.29) is 0 Å². The first-order valence-corrected chi connectivity index (χ1v) is 5.07. The molecule has 1 aliphatic rings. The minimum Gasteiger partial charge on any atom is -0.101 e. The number of benzene rings is 2. The first-order chi connectivity index (χ1) is 7.45. The lowest BCUT2D eigenvalue weighted by molar-refractivity contribution is 1.62. The van der Waals surface area contributed by atoms with Gasteiger partial charge in [0, 0.05) is 11.1 Å². The highest BCUT2D eigenvalue weighted by Crippen LogP contribution is 2.38. The molecular formula is C15H10. The van der Waals surface area contributed by atoms with Crippen LogP contribution in [0, 0.1) is 0 Å². The second-order valence-electron chi connectivity index (χ2n) is 3.61. The van der Waals surface area contributed by atoms with Crippen molar-refractivity contribution in [3.8, 4) is 0 Å². The zero-order valence-corrected chi connectivity index (χ0v) is 8.27. The number of hydrogen-bond acceptors (Lipinski definition) is 0. The van der Waals surface area contributed by atoms with Gasteiger partial charge < -0.3 is 0 Å². The van der Waals surface area contributed by atoms with Gasteiger partial charge in [0.1, 0.15) is 0 Å². The van der Waals surface area contributed by atoms with Gasteiger partial charge in [0.05, 0.1) is 0 Å². The zero-order valence-electron chi connectivity index (χ0n) is 8.27. The third kappa shape index (κ3) is 1.52. The van der Waals surface area contributed by atoms with E-state index in [4.69, 9.17) is 0 Å². The molecule has 15 heavy (non-hydrogen) atoms. The maximum Gasteiger partial charge on any atom is 0.0400 e. The van der Waals surface area contributed by atoms with E-state index in [1.807, 2.05) is 12.1 Å². The van der Waals surface area contributed by atoms with E-state index in [1.165, 1.54) is 22.3 Å². The Morgan fingerprint density at radius 2 is 0.933 bits per heavy atom. The number of hydrogen-bond donors (Lipinski definition) is 0. The molecule has 0 N–H and O–H groups in total. The lowest BCUT2D eigenvalue weighted by atomic mass is 10.0. The minimum absolute atomic E-state index is 1.25. The molecule has 0 aromatic heterocycles. The first kappa shape index (κ1) is 8.28. The van der Waals surface area contributed by atoms with Gasteiger partial charge in [-0.25, -0.2) is 0 Å². The highest BCUT2D eigenvalue weighted by molar-refractivity contribution is 6.16. The van der Waals surface area contributed by atoms with Crippen molar-refractivity contribution in [3.05, 3.63) is 77.5 Å². The van der Waals surface area contributed by atoms with Crippen molar-refractivity contribution in [2.24, 2.45) is 0 Å². The van der Waals surface area contributed by atoms with Crippen LogP contribution in [0.15, 0.2) is 66.4 Å². The Kier molecular flexibility index (Phi) is 1.81. The maximum absolute atomic E-state index is 3.33. The minimum atomic E-state index is 1.25. The summed E-state index contributed by atoms with van der Waals surface area (Å²) in [6.45, 7) is 0. The first-order valence-electron chi connectivity index (χ1n) is 5.07. The van der Waals surface area contributed by atoms with Gasteiger partial charge in [0.2, 0.25) is 0 Å². The van der Waals surface area contributed by atoms with Crippen LogP contribution in [-0.2, 0) is 0 Å². The van der Waals surface area contributed by atoms with Crippen molar-refractivity contribution in [2.45, 2.75) is 0 Å². The van der Waals surface area contributed by atoms with Gasteiger partial charge in [-0.15, -0.1) is 5.73 Å². The van der Waals surface area contributed by atoms with Crippen molar-refractivity contribution in [3.63, 3.8) is 0 Å². The molecule has 2 aromatic rings. The van der Waals surface area contributed by atoms with Gasteiger partial charge >= 0.3 is 0 Å². The Bertz CT molecular complexity index is 492. The molecule has 0 saturated heterocycles. The molecule has 2 aromatic carbocycles. The largest absolute Gasteiger partial charge is 0.101 e. The van der Waals surface area contributed by atoms with Crippen molar-refractivity contribution >= 4 is 11.1 Å². The van der Waals surface area contributed by atoms with Crippen LogP contribution in [0.1, 0.15) is 11.1 Å². The van der Waals surface area contributed by atoms with E-state index in [9.17, 15) is 0 Å². The Hall–Kier alpha value is -2.04. The van der Waals surface area contributed by atoms with E-state index < -0.39 is 0 Å². The maximum atomic E-state index is 3.33. The fourth-order valence-corrected chi connectivity index (χ4v) is 1.74. The lowest BCUT2D eigenvalue weighted by Gasteiger charge is -1.97. The van der Waals surface area contributed by atoms with Gasteiger partial charge in [0.15, 0.2) is 0 Å². The van der Waals surface area contributed by atoms with Crippen LogP contribution in [0.4, 0.5) is 0 Å². The monoisotopic (exact) mass is 190 g/mol. The molecule has 0 spiro atoms. The van der Waals surface area contributed by atoms with E-state index in [0.717, 1.165) is 0 Å². The van der Waals surface area contributed by atoms with Gasteiger partial charge in [-0.05, 0) is 11.1 Å². The van der Waals surface area contributed by atoms with Crippen LogP contribution in [0.5, 0.6) is 0 Å². The second kappa shape index (κ2) is 3.27. The normalized spacial score (nSPS) is 13.1. The molecule has 0 aliphatic heterocycles. The predicted octanol–water partition coefficient (Wildman–Crippen LogP) is 3.77. The Balaban J connectivity index is 1.86. The Labute approximate surface area is 89.2 Å². The lowest BCUT2D eigenvalue weighted by Crippen LogP contribution is -1.78. The van der Waals surface area contributed by atoms with E-state index in [1.54, 1.807) is 0 Å². The van der Waals surface area contributed by atoms with Crippen molar-refractivity contribution in [1.29, 1.82) is 0 Å². The van der Waals surface area contributed by atoms with Crippen LogP contribution in [0.25, 0.3) is 11.1 Å². The van der Waals surface area contributed by atoms with Gasteiger partial charge in [-0.1, -0.05) is 60.7 Å². The highest BCUT2D eigenvalue weighted by Gasteiger charge is 2.18. The third-order valence-electron chi connectivity index (χ3n) is 2.56. The molecule has 0 nitrogen and oxygen atoms in total. The summed E-state index contributed by atoms with van der Waals surface area (Å²) in [6.07, 6.45) is 0. The molecule has 1 aliphatic carbocycles. The van der Waals surface area contributed by atoms with Gasteiger partial charge in [0.25, 0.3) is 0 Å². The smallest absolute Gasteiger partial charge is 0.0400 e. The molecule has 0 amide bonds. The standard InChI is InChI=1S/C15H10/c1-3-7-12(8-4-1)14-11-15(14)13-9-5-2-6-10-13/h1-10H. The second-order valence-corrected chi connectivity index (χ2v) is 3.61. The average Bonchev–Trinajstić information content (AvgIpc) is 3.11. The number of allylic oxidation sites excluding steroid dienone is 1. The summed E-state index contributed by atoms with van der Waals surface area (Å²) in [5.74, 6) is 0. The predicted molar refractivity (Wildman–Crippen MR) is 63.2 cm³/mol. The summed E-state index contributed by atoms with van der Waals surface area (Å²) in [6, 6.07) is 20.8. The summed E-state index contributed by atoms with van der Waals surface area (Å²) in [7, 11) is 0. The summed E-state index contributed by atoms with van der Waals surface area (Å²) >= 11 is 0. The molecule has 70 valence electrons. The molecule has 0 radical (unpaired) electrons. The van der Waals surface area contributed by atoms with E-state index >= 15 is 0 Å². The summed E-state index contributed by atoms with van der Waals surface area (Å²) in [5, 5.41) is 0. The molecule has 0 bridgehead atoms. The van der Waals surface area contributed by atoms with Crippen LogP contribution < -0.4 is 0 Å². The fourth-order valence-electron chi connectivity index (χ4n) is 1.74. The number of rotatable bonds is 2. The van der Waals surface area contributed by atoms with Crippen LogP contribution >= 0.6 is 0 Å².